The van der Waals surface area contributed by atoms with Gasteiger partial charge < -0.3 is 4.57 Å². The molecule has 4 nitrogen and oxygen atoms in total. The summed E-state index contributed by atoms with van der Waals surface area (Å²) in [5, 5.41) is 0.442. The molecule has 72 valence electrons. The lowest BCUT2D eigenvalue weighted by atomic mass is 10.5. The Kier molecular flexibility index (Phi) is 2.45. The zero-order valence-electron chi connectivity index (χ0n) is 7.68. The summed E-state index contributed by atoms with van der Waals surface area (Å²) in [7, 11) is 0. The number of aromatic nitrogens is 4. The monoisotopic (exact) mass is 208 g/mol. The molecule has 0 N–H and O–H groups in total. The third kappa shape index (κ3) is 1.48. The highest BCUT2D eigenvalue weighted by Crippen LogP contribution is 2.17. The van der Waals surface area contributed by atoms with Crippen molar-refractivity contribution in [3.05, 3.63) is 30.0 Å². The first kappa shape index (κ1) is 9.15. The fourth-order valence-electron chi connectivity index (χ4n) is 1.23. The highest BCUT2D eigenvalue weighted by Gasteiger charge is 2.06. The second-order valence-corrected chi connectivity index (χ2v) is 3.16. The zero-order chi connectivity index (χ0) is 9.97. The van der Waals surface area contributed by atoms with Gasteiger partial charge >= 0.3 is 0 Å². The van der Waals surface area contributed by atoms with Gasteiger partial charge in [0.1, 0.15) is 11.8 Å². The van der Waals surface area contributed by atoms with Crippen LogP contribution in [0.15, 0.2) is 24.8 Å². The fourth-order valence-corrected chi connectivity index (χ4v) is 1.47. The first-order valence-corrected chi connectivity index (χ1v) is 4.63. The number of fused-ring (bicyclic) bond motifs is 1. The van der Waals surface area contributed by atoms with Gasteiger partial charge in [0.15, 0.2) is 10.8 Å². The molecule has 0 aliphatic carbocycles. The van der Waals surface area contributed by atoms with Crippen molar-refractivity contribution in [2.45, 2.75) is 13.5 Å². The Labute approximate surface area is 86.3 Å². The summed E-state index contributed by atoms with van der Waals surface area (Å²) in [6.07, 6.45) is 7.12. The molecule has 0 aliphatic rings. The Morgan fingerprint density at radius 3 is 3.07 bits per heavy atom. The normalized spacial score (nSPS) is 11.6. The minimum Gasteiger partial charge on any atom is -0.323 e. The molecule has 0 atom stereocenters. The van der Waals surface area contributed by atoms with Crippen molar-refractivity contribution in [1.29, 1.82) is 0 Å². The molecule has 2 rings (SSSR count). The minimum atomic E-state index is 0.442. The number of allylic oxidation sites excluding steroid dienone is 2. The maximum Gasteiger partial charge on any atom is 0.182 e. The Bertz CT molecular complexity index is 475. The van der Waals surface area contributed by atoms with Crippen LogP contribution >= 0.6 is 11.6 Å². The molecule has 0 aromatic carbocycles. The molecule has 0 fully saturated rings. The van der Waals surface area contributed by atoms with Gasteiger partial charge in [-0.1, -0.05) is 23.8 Å². The van der Waals surface area contributed by atoms with Crippen LogP contribution in [0.4, 0.5) is 0 Å². The van der Waals surface area contributed by atoms with Crippen LogP contribution in [0.25, 0.3) is 11.2 Å². The molecule has 14 heavy (non-hydrogen) atoms. The number of nitrogens with zero attached hydrogens (tertiary/aromatic N) is 4. The van der Waals surface area contributed by atoms with Gasteiger partial charge in [0.25, 0.3) is 0 Å². The lowest BCUT2D eigenvalue weighted by Crippen LogP contribution is -1.94. The van der Waals surface area contributed by atoms with Crippen LogP contribution in [0.5, 0.6) is 0 Å². The largest absolute Gasteiger partial charge is 0.323 e. The summed E-state index contributed by atoms with van der Waals surface area (Å²) in [5.41, 5.74) is 1.42. The van der Waals surface area contributed by atoms with Crippen molar-refractivity contribution in [3.63, 3.8) is 0 Å². The van der Waals surface area contributed by atoms with Crippen LogP contribution in [0.2, 0.25) is 5.15 Å². The highest BCUT2D eigenvalue weighted by molar-refractivity contribution is 6.33. The van der Waals surface area contributed by atoms with E-state index in [2.05, 4.69) is 15.0 Å². The van der Waals surface area contributed by atoms with Crippen molar-refractivity contribution < 1.29 is 0 Å². The molecule has 0 amide bonds. The van der Waals surface area contributed by atoms with E-state index in [0.717, 1.165) is 12.1 Å². The predicted molar refractivity (Wildman–Crippen MR) is 55.1 cm³/mol. The van der Waals surface area contributed by atoms with Crippen LogP contribution in [-0.2, 0) is 6.54 Å². The topological polar surface area (TPSA) is 43.6 Å². The lowest BCUT2D eigenvalue weighted by Gasteiger charge is -1.99. The van der Waals surface area contributed by atoms with E-state index in [0.29, 0.717) is 10.8 Å². The predicted octanol–water partition coefficient (Wildman–Crippen LogP) is 2.06. The van der Waals surface area contributed by atoms with E-state index >= 15 is 0 Å². The Hall–Kier alpha value is -1.42. The van der Waals surface area contributed by atoms with E-state index in [1.54, 1.807) is 6.33 Å². The third-order valence-electron chi connectivity index (χ3n) is 1.90. The number of hydrogen-bond acceptors (Lipinski definition) is 3. The molecule has 0 saturated heterocycles. The summed E-state index contributed by atoms with van der Waals surface area (Å²) >= 11 is 5.95. The van der Waals surface area contributed by atoms with Gasteiger partial charge in [0.2, 0.25) is 0 Å². The van der Waals surface area contributed by atoms with Crippen LogP contribution < -0.4 is 0 Å². The minimum absolute atomic E-state index is 0.442. The second kappa shape index (κ2) is 3.75. The summed E-state index contributed by atoms with van der Waals surface area (Å²) < 4.78 is 1.91. The van der Waals surface area contributed by atoms with E-state index in [9.17, 15) is 0 Å². The standard InChI is InChI=1S/C9H9ClN4/c1-2-3-4-14-6-13-9-7(14)8(10)11-5-12-9/h2-3,5-6H,4H2,1H3/b3-2+. The first-order chi connectivity index (χ1) is 6.83. The van der Waals surface area contributed by atoms with E-state index in [-0.39, 0.29) is 0 Å². The second-order valence-electron chi connectivity index (χ2n) is 2.80. The van der Waals surface area contributed by atoms with Crippen LogP contribution in [0, 0.1) is 0 Å². The summed E-state index contributed by atoms with van der Waals surface area (Å²) in [6, 6.07) is 0. The Morgan fingerprint density at radius 2 is 2.29 bits per heavy atom. The molecular weight excluding hydrogens is 200 g/mol. The maximum atomic E-state index is 5.95. The summed E-state index contributed by atoms with van der Waals surface area (Å²) in [4.78, 5) is 12.1. The van der Waals surface area contributed by atoms with Gasteiger partial charge in [0.05, 0.1) is 6.33 Å². The fraction of sp³-hybridized carbons (Fsp3) is 0.222. The lowest BCUT2D eigenvalue weighted by molar-refractivity contribution is 0.846. The highest BCUT2D eigenvalue weighted by atomic mass is 35.5. The Balaban J connectivity index is 2.55. The average Bonchev–Trinajstić information content (AvgIpc) is 2.59. The van der Waals surface area contributed by atoms with E-state index in [4.69, 9.17) is 11.6 Å². The molecule has 0 aliphatic heterocycles. The molecule has 0 radical (unpaired) electrons. The molecule has 0 saturated carbocycles. The molecule has 2 aromatic rings. The zero-order valence-corrected chi connectivity index (χ0v) is 8.44. The van der Waals surface area contributed by atoms with Crippen molar-refractivity contribution in [3.8, 4) is 0 Å². The van der Waals surface area contributed by atoms with Crippen molar-refractivity contribution in [2.24, 2.45) is 0 Å². The SMILES string of the molecule is C/C=C/Cn1cnc2ncnc(Cl)c21. The van der Waals surface area contributed by atoms with Crippen LogP contribution in [0.1, 0.15) is 6.92 Å². The number of imidazole rings is 1. The van der Waals surface area contributed by atoms with Gasteiger partial charge in [-0.15, -0.1) is 0 Å². The first-order valence-electron chi connectivity index (χ1n) is 4.25. The summed E-state index contributed by atoms with van der Waals surface area (Å²) in [5.74, 6) is 0. The van der Waals surface area contributed by atoms with E-state index in [1.807, 2.05) is 23.6 Å². The molecule has 0 spiro atoms. The number of hydrogen-bond donors (Lipinski definition) is 0. The van der Waals surface area contributed by atoms with Gasteiger partial charge in [-0.3, -0.25) is 0 Å². The molecular formula is C9H9ClN4. The van der Waals surface area contributed by atoms with Gasteiger partial charge in [-0.25, -0.2) is 15.0 Å². The van der Waals surface area contributed by atoms with Crippen LogP contribution in [-0.4, -0.2) is 19.5 Å². The summed E-state index contributed by atoms with van der Waals surface area (Å²) in [6.45, 7) is 2.71. The average molecular weight is 209 g/mol. The van der Waals surface area contributed by atoms with Crippen molar-refractivity contribution >= 4 is 22.8 Å². The van der Waals surface area contributed by atoms with Crippen LogP contribution in [0.3, 0.4) is 0 Å². The number of halogens is 1. The molecule has 5 heteroatoms. The quantitative estimate of drug-likeness (QED) is 0.561. The molecule has 0 unspecified atom stereocenters. The van der Waals surface area contributed by atoms with Gasteiger partial charge in [-0.2, -0.15) is 0 Å². The van der Waals surface area contributed by atoms with Gasteiger partial charge in [-0.05, 0) is 6.92 Å². The van der Waals surface area contributed by atoms with E-state index in [1.165, 1.54) is 6.33 Å². The van der Waals surface area contributed by atoms with Crippen molar-refractivity contribution in [2.75, 3.05) is 0 Å². The third-order valence-corrected chi connectivity index (χ3v) is 2.18. The van der Waals surface area contributed by atoms with Crippen molar-refractivity contribution in [1.82, 2.24) is 19.5 Å². The molecule has 2 aromatic heterocycles. The Morgan fingerprint density at radius 1 is 1.43 bits per heavy atom. The smallest absolute Gasteiger partial charge is 0.182 e. The molecule has 2 heterocycles. The van der Waals surface area contributed by atoms with E-state index < -0.39 is 0 Å². The number of rotatable bonds is 2. The maximum absolute atomic E-state index is 5.95. The molecule has 0 bridgehead atoms. The van der Waals surface area contributed by atoms with Gasteiger partial charge in [0, 0.05) is 6.54 Å².